The fourth-order valence-corrected chi connectivity index (χ4v) is 2.88. The van der Waals surface area contributed by atoms with Gasteiger partial charge in [-0.1, -0.05) is 29.8 Å². The van der Waals surface area contributed by atoms with Gasteiger partial charge in [-0.05, 0) is 37.1 Å². The molecule has 3 nitrogen and oxygen atoms in total. The maximum Gasteiger partial charge on any atom is 0.0938 e. The van der Waals surface area contributed by atoms with Crippen LogP contribution in [0.5, 0.6) is 0 Å². The summed E-state index contributed by atoms with van der Waals surface area (Å²) in [6.45, 7) is 4.73. The maximum atomic E-state index is 6.16. The minimum absolute atomic E-state index is 0.210. The lowest BCUT2D eigenvalue weighted by Gasteiger charge is -2.31. The Labute approximate surface area is 119 Å². The average molecular weight is 271 g/mol. The number of benzene rings is 1. The fraction of sp³-hybridized carbons (Fsp3) is 0.412. The molecule has 1 saturated heterocycles. The Morgan fingerprint density at radius 3 is 3.10 bits per heavy atom. The largest absolute Gasteiger partial charge is 0.472 e. The van der Waals surface area contributed by atoms with Gasteiger partial charge >= 0.3 is 0 Å². The first-order valence-electron chi connectivity index (χ1n) is 7.23. The lowest BCUT2D eigenvalue weighted by molar-refractivity contribution is 0.0105. The molecule has 3 heteroatoms. The van der Waals surface area contributed by atoms with E-state index in [9.17, 15) is 0 Å². The molecule has 106 valence electrons. The van der Waals surface area contributed by atoms with Crippen molar-refractivity contribution in [1.82, 2.24) is 5.32 Å². The summed E-state index contributed by atoms with van der Waals surface area (Å²) in [5, 5.41) is 3.42. The molecule has 0 spiro atoms. The van der Waals surface area contributed by atoms with E-state index in [1.54, 1.807) is 6.26 Å². The summed E-state index contributed by atoms with van der Waals surface area (Å²) in [6.07, 6.45) is 4.90. The van der Waals surface area contributed by atoms with Crippen LogP contribution in [0.1, 0.15) is 29.0 Å². The van der Waals surface area contributed by atoms with Crippen molar-refractivity contribution in [2.24, 2.45) is 0 Å². The molecule has 2 heterocycles. The van der Waals surface area contributed by atoms with E-state index in [0.717, 1.165) is 19.5 Å². The first-order chi connectivity index (χ1) is 9.83. The van der Waals surface area contributed by atoms with Crippen LogP contribution < -0.4 is 5.32 Å². The van der Waals surface area contributed by atoms with Crippen molar-refractivity contribution in [1.29, 1.82) is 0 Å². The second-order valence-electron chi connectivity index (χ2n) is 5.49. The quantitative estimate of drug-likeness (QED) is 0.927. The van der Waals surface area contributed by atoms with Crippen molar-refractivity contribution in [3.05, 3.63) is 59.5 Å². The Morgan fingerprint density at radius 2 is 2.30 bits per heavy atom. The first-order valence-corrected chi connectivity index (χ1v) is 7.23. The van der Waals surface area contributed by atoms with E-state index >= 15 is 0 Å². The Balaban J connectivity index is 1.65. The number of hydrogen-bond acceptors (Lipinski definition) is 3. The minimum Gasteiger partial charge on any atom is -0.472 e. The summed E-state index contributed by atoms with van der Waals surface area (Å²) >= 11 is 0. The molecular formula is C17H21NO2. The zero-order chi connectivity index (χ0) is 13.8. The molecule has 1 aliphatic rings. The Kier molecular flexibility index (Phi) is 4.19. The molecule has 0 radical (unpaired) electrons. The molecule has 0 saturated carbocycles. The van der Waals surface area contributed by atoms with Gasteiger partial charge in [0.25, 0.3) is 0 Å². The summed E-state index contributed by atoms with van der Waals surface area (Å²) < 4.78 is 11.4. The molecule has 2 aromatic rings. The number of nitrogens with one attached hydrogen (secondary N) is 1. The van der Waals surface area contributed by atoms with Crippen molar-refractivity contribution in [2.45, 2.75) is 32.0 Å². The van der Waals surface area contributed by atoms with Crippen LogP contribution in [0.4, 0.5) is 0 Å². The van der Waals surface area contributed by atoms with Gasteiger partial charge in [0.1, 0.15) is 0 Å². The van der Waals surface area contributed by atoms with E-state index in [-0.39, 0.29) is 6.10 Å². The van der Waals surface area contributed by atoms with Gasteiger partial charge in [0.15, 0.2) is 0 Å². The van der Waals surface area contributed by atoms with Crippen molar-refractivity contribution in [2.75, 3.05) is 13.1 Å². The number of furan rings is 1. The molecule has 0 aliphatic carbocycles. The number of ether oxygens (including phenoxy) is 1. The third-order valence-electron chi connectivity index (χ3n) is 3.94. The van der Waals surface area contributed by atoms with Crippen molar-refractivity contribution in [3.63, 3.8) is 0 Å². The van der Waals surface area contributed by atoms with Crippen LogP contribution in [0.25, 0.3) is 0 Å². The maximum absolute atomic E-state index is 6.16. The summed E-state index contributed by atoms with van der Waals surface area (Å²) in [5.41, 5.74) is 3.77. The van der Waals surface area contributed by atoms with Crippen LogP contribution in [0, 0.1) is 6.92 Å². The van der Waals surface area contributed by atoms with Crippen LogP contribution in [-0.4, -0.2) is 19.2 Å². The Morgan fingerprint density at radius 1 is 1.35 bits per heavy atom. The van der Waals surface area contributed by atoms with E-state index in [2.05, 4.69) is 42.6 Å². The van der Waals surface area contributed by atoms with E-state index in [1.165, 1.54) is 16.7 Å². The highest BCUT2D eigenvalue weighted by molar-refractivity contribution is 5.22. The number of hydrogen-bond donors (Lipinski definition) is 1. The van der Waals surface area contributed by atoms with Gasteiger partial charge in [-0.15, -0.1) is 0 Å². The van der Waals surface area contributed by atoms with E-state index in [1.807, 2.05) is 6.26 Å². The summed E-state index contributed by atoms with van der Waals surface area (Å²) in [6, 6.07) is 10.6. The number of rotatable bonds is 4. The smallest absolute Gasteiger partial charge is 0.0938 e. The summed E-state index contributed by atoms with van der Waals surface area (Å²) in [4.78, 5) is 0. The predicted molar refractivity (Wildman–Crippen MR) is 78.7 cm³/mol. The fourth-order valence-electron chi connectivity index (χ4n) is 2.88. The number of aryl methyl sites for hydroxylation is 1. The molecule has 2 atom stereocenters. The zero-order valence-electron chi connectivity index (χ0n) is 11.8. The van der Waals surface area contributed by atoms with Gasteiger partial charge < -0.3 is 14.5 Å². The van der Waals surface area contributed by atoms with Gasteiger partial charge in [0.05, 0.1) is 25.2 Å². The summed E-state index contributed by atoms with van der Waals surface area (Å²) in [7, 11) is 0. The van der Waals surface area contributed by atoms with Crippen molar-refractivity contribution >= 4 is 0 Å². The highest BCUT2D eigenvalue weighted by atomic mass is 16.5. The number of piperidine rings is 1. The molecule has 1 aromatic carbocycles. The normalized spacial score (nSPS) is 22.9. The molecule has 0 bridgehead atoms. The Bertz CT molecular complexity index is 536. The highest BCUT2D eigenvalue weighted by Gasteiger charge is 2.27. The third-order valence-corrected chi connectivity index (χ3v) is 3.94. The second kappa shape index (κ2) is 6.25. The monoisotopic (exact) mass is 271 g/mol. The van der Waals surface area contributed by atoms with Crippen molar-refractivity contribution < 1.29 is 9.15 Å². The lowest BCUT2D eigenvalue weighted by atomic mass is 9.89. The van der Waals surface area contributed by atoms with Crippen LogP contribution in [0.3, 0.4) is 0 Å². The van der Waals surface area contributed by atoms with Gasteiger partial charge in [0, 0.05) is 12.5 Å². The molecule has 20 heavy (non-hydrogen) atoms. The third kappa shape index (κ3) is 3.11. The lowest BCUT2D eigenvalue weighted by Crippen LogP contribution is -2.40. The molecular weight excluding hydrogens is 250 g/mol. The van der Waals surface area contributed by atoms with Gasteiger partial charge in [0.2, 0.25) is 0 Å². The van der Waals surface area contributed by atoms with Crippen LogP contribution >= 0.6 is 0 Å². The van der Waals surface area contributed by atoms with E-state index in [4.69, 9.17) is 9.15 Å². The van der Waals surface area contributed by atoms with Crippen LogP contribution in [-0.2, 0) is 11.3 Å². The molecule has 1 N–H and O–H groups in total. The zero-order valence-corrected chi connectivity index (χ0v) is 11.8. The molecule has 1 fully saturated rings. The first kappa shape index (κ1) is 13.4. The highest BCUT2D eigenvalue weighted by Crippen LogP contribution is 2.28. The second-order valence-corrected chi connectivity index (χ2v) is 5.49. The predicted octanol–water partition coefficient (Wildman–Crippen LogP) is 3.25. The van der Waals surface area contributed by atoms with Gasteiger partial charge in [-0.2, -0.15) is 0 Å². The standard InChI is InChI=1S/C17H21NO2/c1-13-3-2-4-14(9-13)11-20-17-10-18-7-5-16(17)15-6-8-19-12-15/h2-4,6,8-9,12,16-18H,5,7,10-11H2,1H3/t16-,17+/m1/s1. The Hall–Kier alpha value is -1.58. The minimum atomic E-state index is 0.210. The summed E-state index contributed by atoms with van der Waals surface area (Å²) in [5.74, 6) is 0.430. The molecule has 1 aromatic heterocycles. The molecule has 3 rings (SSSR count). The SMILES string of the molecule is Cc1cccc(CO[C@H]2CNCC[C@@H]2c2ccoc2)c1. The topological polar surface area (TPSA) is 34.4 Å². The average Bonchev–Trinajstić information content (AvgIpc) is 3.00. The van der Waals surface area contributed by atoms with E-state index < -0.39 is 0 Å². The van der Waals surface area contributed by atoms with Crippen molar-refractivity contribution in [3.8, 4) is 0 Å². The molecule has 1 aliphatic heterocycles. The van der Waals surface area contributed by atoms with Gasteiger partial charge in [-0.3, -0.25) is 0 Å². The molecule has 0 amide bonds. The van der Waals surface area contributed by atoms with Crippen LogP contribution in [0.2, 0.25) is 0 Å². The molecule has 0 unspecified atom stereocenters. The van der Waals surface area contributed by atoms with E-state index in [0.29, 0.717) is 12.5 Å². The van der Waals surface area contributed by atoms with Gasteiger partial charge in [-0.25, -0.2) is 0 Å². The van der Waals surface area contributed by atoms with Crippen LogP contribution in [0.15, 0.2) is 47.3 Å².